The van der Waals surface area contributed by atoms with E-state index in [0.29, 0.717) is 0 Å². The van der Waals surface area contributed by atoms with Crippen molar-refractivity contribution in [3.63, 3.8) is 0 Å². The first-order chi connectivity index (χ1) is 6.95. The third-order valence-corrected chi connectivity index (χ3v) is 2.17. The van der Waals surface area contributed by atoms with Crippen LogP contribution in [0.25, 0.3) is 0 Å². The highest BCUT2D eigenvalue weighted by Gasteiger charge is 1.97. The average Bonchev–Trinajstić information content (AvgIpc) is 2.29. The number of rotatable bonds is 0. The Balaban J connectivity index is 2.10. The van der Waals surface area contributed by atoms with Crippen molar-refractivity contribution in [1.29, 1.82) is 0 Å². The summed E-state index contributed by atoms with van der Waals surface area (Å²) < 4.78 is 0. The van der Waals surface area contributed by atoms with Crippen molar-refractivity contribution in [3.8, 4) is 11.8 Å². The van der Waals surface area contributed by atoms with Gasteiger partial charge in [-0.2, -0.15) is 0 Å². The van der Waals surface area contributed by atoms with Gasteiger partial charge in [-0.05, 0) is 25.1 Å². The molecule has 0 saturated heterocycles. The highest BCUT2D eigenvalue weighted by Crippen LogP contribution is 2.00. The maximum absolute atomic E-state index is 3.30. The molecule has 1 aliphatic rings. The molecule has 0 radical (unpaired) electrons. The smallest absolute Gasteiger partial charge is 0.0282 e. The van der Waals surface area contributed by atoms with Crippen molar-refractivity contribution >= 4 is 0 Å². The van der Waals surface area contributed by atoms with E-state index in [1.807, 2.05) is 30.3 Å². The fraction of sp³-hybridized carbons (Fsp3) is 0.231. The van der Waals surface area contributed by atoms with Crippen LogP contribution >= 0.6 is 0 Å². The number of benzene rings is 1. The highest BCUT2D eigenvalue weighted by atomic mass is 14.9. The predicted molar refractivity (Wildman–Crippen MR) is 58.9 cm³/mol. The van der Waals surface area contributed by atoms with Gasteiger partial charge in [-0.1, -0.05) is 36.1 Å². The molecule has 0 atom stereocenters. The van der Waals surface area contributed by atoms with Gasteiger partial charge in [0, 0.05) is 17.7 Å². The Morgan fingerprint density at radius 3 is 2.64 bits per heavy atom. The van der Waals surface area contributed by atoms with Crippen LogP contribution in [-0.2, 0) is 0 Å². The first-order valence-corrected chi connectivity index (χ1v) is 4.92. The molecule has 14 heavy (non-hydrogen) atoms. The lowest BCUT2D eigenvalue weighted by atomic mass is 10.1. The Morgan fingerprint density at radius 2 is 1.93 bits per heavy atom. The molecule has 70 valence electrons. The first-order valence-electron chi connectivity index (χ1n) is 4.92. The SMILES string of the molecule is C(#Cc1ccccc1)C1=CCCNC1. The summed E-state index contributed by atoms with van der Waals surface area (Å²) in [7, 11) is 0. The molecule has 1 aromatic carbocycles. The van der Waals surface area contributed by atoms with Gasteiger partial charge in [0.1, 0.15) is 0 Å². The third-order valence-electron chi connectivity index (χ3n) is 2.17. The molecule has 0 spiro atoms. The van der Waals surface area contributed by atoms with Crippen LogP contribution in [0.15, 0.2) is 42.0 Å². The van der Waals surface area contributed by atoms with Crippen molar-refractivity contribution in [3.05, 3.63) is 47.5 Å². The zero-order chi connectivity index (χ0) is 9.64. The Hall–Kier alpha value is -1.52. The van der Waals surface area contributed by atoms with Crippen LogP contribution in [0.3, 0.4) is 0 Å². The van der Waals surface area contributed by atoms with E-state index >= 15 is 0 Å². The van der Waals surface area contributed by atoms with E-state index in [9.17, 15) is 0 Å². The van der Waals surface area contributed by atoms with Crippen molar-refractivity contribution in [2.24, 2.45) is 0 Å². The van der Waals surface area contributed by atoms with Crippen LogP contribution in [0.2, 0.25) is 0 Å². The predicted octanol–water partition coefficient (Wildman–Crippen LogP) is 1.96. The van der Waals surface area contributed by atoms with Gasteiger partial charge < -0.3 is 5.32 Å². The zero-order valence-corrected chi connectivity index (χ0v) is 8.09. The lowest BCUT2D eigenvalue weighted by molar-refractivity contribution is 0.715. The second-order valence-electron chi connectivity index (χ2n) is 3.31. The van der Waals surface area contributed by atoms with E-state index in [-0.39, 0.29) is 0 Å². The molecule has 0 bridgehead atoms. The molecule has 1 N–H and O–H groups in total. The van der Waals surface area contributed by atoms with Crippen LogP contribution in [0.1, 0.15) is 12.0 Å². The van der Waals surface area contributed by atoms with Crippen molar-refractivity contribution in [2.45, 2.75) is 6.42 Å². The molecule has 0 unspecified atom stereocenters. The molecule has 1 aromatic rings. The van der Waals surface area contributed by atoms with E-state index < -0.39 is 0 Å². The maximum atomic E-state index is 3.30. The Labute approximate surface area is 84.8 Å². The van der Waals surface area contributed by atoms with E-state index in [1.165, 1.54) is 5.57 Å². The monoisotopic (exact) mass is 183 g/mol. The fourth-order valence-corrected chi connectivity index (χ4v) is 1.41. The van der Waals surface area contributed by atoms with E-state index in [0.717, 1.165) is 25.1 Å². The van der Waals surface area contributed by atoms with E-state index in [2.05, 4.69) is 23.2 Å². The third kappa shape index (κ3) is 2.48. The van der Waals surface area contributed by atoms with Gasteiger partial charge in [0.25, 0.3) is 0 Å². The topological polar surface area (TPSA) is 12.0 Å². The lowest BCUT2D eigenvalue weighted by Crippen LogP contribution is -2.21. The first kappa shape index (κ1) is 9.05. The molecule has 1 aliphatic heterocycles. The minimum absolute atomic E-state index is 0.917. The van der Waals surface area contributed by atoms with Gasteiger partial charge in [-0.15, -0.1) is 0 Å². The molecule has 0 aliphatic carbocycles. The Morgan fingerprint density at radius 1 is 1.07 bits per heavy atom. The minimum atomic E-state index is 0.917. The van der Waals surface area contributed by atoms with Gasteiger partial charge in [-0.3, -0.25) is 0 Å². The average molecular weight is 183 g/mol. The van der Waals surface area contributed by atoms with Crippen LogP contribution in [0.4, 0.5) is 0 Å². The second kappa shape index (κ2) is 4.64. The molecular formula is C13H13N. The maximum Gasteiger partial charge on any atom is 0.0282 e. The zero-order valence-electron chi connectivity index (χ0n) is 8.09. The lowest BCUT2D eigenvalue weighted by Gasteiger charge is -2.08. The van der Waals surface area contributed by atoms with Gasteiger partial charge in [-0.25, -0.2) is 0 Å². The number of hydrogen-bond acceptors (Lipinski definition) is 1. The fourth-order valence-electron chi connectivity index (χ4n) is 1.41. The summed E-state index contributed by atoms with van der Waals surface area (Å²) in [6.45, 7) is 2.00. The summed E-state index contributed by atoms with van der Waals surface area (Å²) >= 11 is 0. The Bertz CT molecular complexity index is 379. The molecule has 0 saturated carbocycles. The van der Waals surface area contributed by atoms with E-state index in [4.69, 9.17) is 0 Å². The second-order valence-corrected chi connectivity index (χ2v) is 3.31. The highest BCUT2D eigenvalue weighted by molar-refractivity contribution is 5.41. The van der Waals surface area contributed by atoms with Crippen molar-refractivity contribution in [2.75, 3.05) is 13.1 Å². The molecule has 0 fully saturated rings. The van der Waals surface area contributed by atoms with Crippen LogP contribution < -0.4 is 5.32 Å². The van der Waals surface area contributed by atoms with E-state index in [1.54, 1.807) is 0 Å². The molecule has 2 rings (SSSR count). The standard InChI is InChI=1S/C13H13N/c1-2-5-12(6-3-1)8-9-13-7-4-10-14-11-13/h1-3,5-7,14H,4,10-11H2. The van der Waals surface area contributed by atoms with Gasteiger partial charge in [0.05, 0.1) is 0 Å². The molecule has 0 amide bonds. The minimum Gasteiger partial charge on any atom is -0.312 e. The molecule has 1 heterocycles. The van der Waals surface area contributed by atoms with Crippen molar-refractivity contribution < 1.29 is 0 Å². The van der Waals surface area contributed by atoms with Crippen LogP contribution in [0, 0.1) is 11.8 Å². The van der Waals surface area contributed by atoms with Gasteiger partial charge >= 0.3 is 0 Å². The summed E-state index contributed by atoms with van der Waals surface area (Å²) in [5, 5.41) is 3.30. The molecule has 1 nitrogen and oxygen atoms in total. The summed E-state index contributed by atoms with van der Waals surface area (Å²) in [6.07, 6.45) is 3.31. The van der Waals surface area contributed by atoms with Crippen LogP contribution in [0.5, 0.6) is 0 Å². The largest absolute Gasteiger partial charge is 0.312 e. The molecular weight excluding hydrogens is 170 g/mol. The van der Waals surface area contributed by atoms with Gasteiger partial charge in [0.15, 0.2) is 0 Å². The summed E-state index contributed by atoms with van der Waals surface area (Å²) in [5.41, 5.74) is 2.29. The number of nitrogens with one attached hydrogen (secondary N) is 1. The van der Waals surface area contributed by atoms with Gasteiger partial charge in [0.2, 0.25) is 0 Å². The molecule has 1 heteroatoms. The normalized spacial score (nSPS) is 15.3. The molecule has 0 aromatic heterocycles. The van der Waals surface area contributed by atoms with Crippen molar-refractivity contribution in [1.82, 2.24) is 5.32 Å². The quantitative estimate of drug-likeness (QED) is 0.606. The van der Waals surface area contributed by atoms with Crippen LogP contribution in [-0.4, -0.2) is 13.1 Å². The summed E-state index contributed by atoms with van der Waals surface area (Å²) in [5.74, 6) is 6.34. The number of hydrogen-bond donors (Lipinski definition) is 1. The summed E-state index contributed by atoms with van der Waals surface area (Å²) in [4.78, 5) is 0. The Kier molecular flexibility index (Phi) is 3.00. The summed E-state index contributed by atoms with van der Waals surface area (Å²) in [6, 6.07) is 10.1.